The maximum atomic E-state index is 12.0. The summed E-state index contributed by atoms with van der Waals surface area (Å²) in [5, 5.41) is 6.40. The first-order valence-electron chi connectivity index (χ1n) is 10.9. The monoisotopic (exact) mass is 649 g/mol. The van der Waals surface area contributed by atoms with Gasteiger partial charge in [0.1, 0.15) is 6.04 Å². The molecule has 17 heteroatoms. The molecule has 36 heavy (non-hydrogen) atoms. The van der Waals surface area contributed by atoms with Gasteiger partial charge in [-0.1, -0.05) is 0 Å². The Hall–Kier alpha value is 0.400. The molecule has 226 valence electrons. The second-order valence-corrected chi connectivity index (χ2v) is 7.22. The zero-order valence-electron chi connectivity index (χ0n) is 20.6. The third-order valence-electron chi connectivity index (χ3n) is 4.34. The van der Waals surface area contributed by atoms with Gasteiger partial charge in [-0.3, -0.25) is 21.1 Å². The fourth-order valence-electron chi connectivity index (χ4n) is 2.50. The zero-order valence-corrected chi connectivity index (χ0v) is 25.5. The van der Waals surface area contributed by atoms with Gasteiger partial charge < -0.3 is 37.3 Å². The topological polar surface area (TPSA) is 207 Å². The molecule has 2 unspecified atom stereocenters. The second kappa shape index (κ2) is 37.6. The Bertz CT molecular complexity index is 467. The van der Waals surface area contributed by atoms with Crippen LogP contribution in [0.5, 0.6) is 0 Å². The van der Waals surface area contributed by atoms with Crippen molar-refractivity contribution in [3.05, 3.63) is 0 Å². The molecule has 0 heterocycles. The number of esters is 2. The van der Waals surface area contributed by atoms with Crippen molar-refractivity contribution in [1.29, 1.82) is 0 Å². The van der Waals surface area contributed by atoms with Gasteiger partial charge in [-0.15, -0.1) is 74.4 Å². The van der Waals surface area contributed by atoms with Crippen LogP contribution in [-0.2, 0) is 19.1 Å². The lowest BCUT2D eigenvalue weighted by Gasteiger charge is -2.17. The van der Waals surface area contributed by atoms with Gasteiger partial charge in [-0.2, -0.15) is 0 Å². The summed E-state index contributed by atoms with van der Waals surface area (Å²) in [6, 6.07) is -0.943. The smallest absolute Gasteiger partial charge is 0.324 e. The van der Waals surface area contributed by atoms with Crippen LogP contribution in [0, 0.1) is 0 Å². The van der Waals surface area contributed by atoms with Crippen LogP contribution >= 0.6 is 74.4 Å². The Labute approximate surface area is 253 Å². The molecule has 0 radical (unpaired) electrons. The minimum Gasteiger partial charge on any atom is -0.447 e. The standard InChI is InChI=1S/C19H43N7O4.6ClH/c20-9-1-3-11-25-13-7-16(23)29-18(27)6-5-15(22)19(28)30-17(24)8-14-26-12-4-2-10-21;;;;;;/h15-17,25-26H,1-14,20-24H2;6*1H/t15-,16?,17?;;;;;;/m0....../s1. The number of unbranched alkanes of at least 4 members (excludes halogenated alkanes) is 2. The van der Waals surface area contributed by atoms with E-state index in [4.69, 9.17) is 38.1 Å². The molecule has 0 aromatic heterocycles. The SMILES string of the molecule is Cl.Cl.Cl.Cl.Cl.Cl.NCCCCNCCC(N)OC(=O)CC[C@H](N)C(=O)OC(N)CCNCCCCN. The van der Waals surface area contributed by atoms with Crippen LogP contribution in [0.15, 0.2) is 0 Å². The molecule has 0 amide bonds. The highest BCUT2D eigenvalue weighted by Crippen LogP contribution is 2.03. The summed E-state index contributed by atoms with van der Waals surface area (Å²) >= 11 is 0. The van der Waals surface area contributed by atoms with E-state index in [1.165, 1.54) is 0 Å². The van der Waals surface area contributed by atoms with E-state index in [-0.39, 0.29) is 87.3 Å². The van der Waals surface area contributed by atoms with E-state index in [1.807, 2.05) is 0 Å². The lowest BCUT2D eigenvalue weighted by Crippen LogP contribution is -2.39. The van der Waals surface area contributed by atoms with Gasteiger partial charge in [0.05, 0.1) is 0 Å². The molecule has 0 saturated heterocycles. The van der Waals surface area contributed by atoms with Crippen LogP contribution in [0.1, 0.15) is 51.4 Å². The highest BCUT2D eigenvalue weighted by atomic mass is 35.5. The Morgan fingerprint density at radius 3 is 1.44 bits per heavy atom. The van der Waals surface area contributed by atoms with Crippen molar-refractivity contribution < 1.29 is 19.1 Å². The lowest BCUT2D eigenvalue weighted by atomic mass is 10.2. The predicted molar refractivity (Wildman–Crippen MR) is 160 cm³/mol. The summed E-state index contributed by atoms with van der Waals surface area (Å²) in [7, 11) is 0. The van der Waals surface area contributed by atoms with E-state index in [9.17, 15) is 9.59 Å². The molecule has 0 spiro atoms. The largest absolute Gasteiger partial charge is 0.447 e. The van der Waals surface area contributed by atoms with Gasteiger partial charge in [-0.05, 0) is 71.4 Å². The molecule has 0 aliphatic heterocycles. The van der Waals surface area contributed by atoms with Crippen LogP contribution in [0.25, 0.3) is 0 Å². The minimum atomic E-state index is -0.943. The van der Waals surface area contributed by atoms with E-state index >= 15 is 0 Å². The maximum Gasteiger partial charge on any atom is 0.324 e. The van der Waals surface area contributed by atoms with Gasteiger partial charge in [-0.25, -0.2) is 0 Å². The quantitative estimate of drug-likeness (QED) is 0.0554. The Morgan fingerprint density at radius 2 is 1.03 bits per heavy atom. The van der Waals surface area contributed by atoms with Crippen molar-refractivity contribution in [2.24, 2.45) is 28.7 Å². The average molecular weight is 652 g/mol. The van der Waals surface area contributed by atoms with E-state index in [1.54, 1.807) is 0 Å². The van der Waals surface area contributed by atoms with E-state index in [0.717, 1.165) is 38.8 Å². The third kappa shape index (κ3) is 34.4. The van der Waals surface area contributed by atoms with Crippen LogP contribution < -0.4 is 39.3 Å². The molecule has 0 aromatic carbocycles. The highest BCUT2D eigenvalue weighted by Gasteiger charge is 2.20. The molecule has 0 aromatic rings. The molecule has 0 rings (SSSR count). The lowest BCUT2D eigenvalue weighted by molar-refractivity contribution is -0.152. The van der Waals surface area contributed by atoms with Crippen molar-refractivity contribution in [2.75, 3.05) is 39.3 Å². The predicted octanol–water partition coefficient (Wildman–Crippen LogP) is 0.718. The van der Waals surface area contributed by atoms with Gasteiger partial charge in [0.25, 0.3) is 0 Å². The van der Waals surface area contributed by atoms with E-state index < -0.39 is 30.4 Å². The van der Waals surface area contributed by atoms with Crippen molar-refractivity contribution >= 4 is 86.4 Å². The number of halogens is 6. The molecule has 0 aliphatic carbocycles. The van der Waals surface area contributed by atoms with Crippen molar-refractivity contribution in [3.63, 3.8) is 0 Å². The Morgan fingerprint density at radius 1 is 0.611 bits per heavy atom. The normalized spacial score (nSPS) is 11.8. The number of nitrogens with one attached hydrogen (secondary N) is 2. The molecular formula is C19H49Cl6N7O4. The van der Waals surface area contributed by atoms with Gasteiger partial charge in [0.2, 0.25) is 0 Å². The number of hydrogen-bond acceptors (Lipinski definition) is 11. The van der Waals surface area contributed by atoms with Gasteiger partial charge in [0, 0.05) is 19.3 Å². The number of carbonyl (C=O) groups is 2. The minimum absolute atomic E-state index is 0. The van der Waals surface area contributed by atoms with E-state index in [0.29, 0.717) is 39.0 Å². The third-order valence-corrected chi connectivity index (χ3v) is 4.34. The summed E-state index contributed by atoms with van der Waals surface area (Å²) in [5.41, 5.74) is 28.2. The molecule has 0 fully saturated rings. The fraction of sp³-hybridized carbons (Fsp3) is 0.895. The number of ether oxygens (including phenoxy) is 2. The zero-order chi connectivity index (χ0) is 22.6. The van der Waals surface area contributed by atoms with Crippen molar-refractivity contribution in [2.45, 2.75) is 69.9 Å². The van der Waals surface area contributed by atoms with E-state index in [2.05, 4.69) is 10.6 Å². The Balaban J connectivity index is -0.000000280. The van der Waals surface area contributed by atoms with Crippen molar-refractivity contribution in [3.8, 4) is 0 Å². The average Bonchev–Trinajstić information content (AvgIpc) is 2.71. The summed E-state index contributed by atoms with van der Waals surface area (Å²) in [5.74, 6) is -1.13. The first-order valence-corrected chi connectivity index (χ1v) is 10.9. The summed E-state index contributed by atoms with van der Waals surface area (Å²) in [4.78, 5) is 23.8. The summed E-state index contributed by atoms with van der Waals surface area (Å²) < 4.78 is 10.2. The molecule has 11 nitrogen and oxygen atoms in total. The van der Waals surface area contributed by atoms with Crippen LogP contribution in [0.3, 0.4) is 0 Å². The molecule has 12 N–H and O–H groups in total. The number of hydrogen-bond donors (Lipinski definition) is 7. The molecule has 0 bridgehead atoms. The van der Waals surface area contributed by atoms with Gasteiger partial charge >= 0.3 is 11.9 Å². The molecule has 3 atom stereocenters. The number of rotatable bonds is 20. The second-order valence-electron chi connectivity index (χ2n) is 7.22. The fourth-order valence-corrected chi connectivity index (χ4v) is 2.50. The van der Waals surface area contributed by atoms with Crippen LogP contribution in [0.2, 0.25) is 0 Å². The highest BCUT2D eigenvalue weighted by molar-refractivity contribution is 5.86. The summed E-state index contributed by atoms with van der Waals surface area (Å²) in [6.45, 7) is 4.30. The first-order chi connectivity index (χ1) is 14.4. The maximum absolute atomic E-state index is 12.0. The summed E-state index contributed by atoms with van der Waals surface area (Å²) in [6.07, 6.45) is 3.51. The van der Waals surface area contributed by atoms with Gasteiger partial charge in [0.15, 0.2) is 12.5 Å². The number of nitrogens with two attached hydrogens (primary N) is 5. The van der Waals surface area contributed by atoms with Crippen molar-refractivity contribution in [1.82, 2.24) is 10.6 Å². The molecular weight excluding hydrogens is 603 g/mol. The first kappa shape index (κ1) is 52.8. The number of carbonyl (C=O) groups excluding carboxylic acids is 2. The molecule has 0 aliphatic rings. The molecule has 0 saturated carbocycles. The van der Waals surface area contributed by atoms with Crippen LogP contribution in [-0.4, -0.2) is 69.7 Å². The van der Waals surface area contributed by atoms with Crippen LogP contribution in [0.4, 0.5) is 0 Å². The Kier molecular flexibility index (Phi) is 55.0.